The van der Waals surface area contributed by atoms with Crippen LogP contribution < -0.4 is 15.4 Å². The second-order valence-corrected chi connectivity index (χ2v) is 3.79. The summed E-state index contributed by atoms with van der Waals surface area (Å²) >= 11 is 0. The number of carbonyl (C=O) groups is 3. The molecule has 1 rings (SSSR count). The second kappa shape index (κ2) is 5.74. The van der Waals surface area contributed by atoms with Gasteiger partial charge in [0.25, 0.3) is 0 Å². The van der Waals surface area contributed by atoms with Gasteiger partial charge in [0.1, 0.15) is 0 Å². The van der Waals surface area contributed by atoms with Crippen LogP contribution in [-0.4, -0.2) is 28.4 Å². The number of benzene rings is 1. The average molecular weight is 280 g/mol. The van der Waals surface area contributed by atoms with E-state index in [-0.39, 0.29) is 27.6 Å². The number of carboxylic acid groups (broad SMARTS) is 2. The minimum atomic E-state index is -1.69. The van der Waals surface area contributed by atoms with Gasteiger partial charge in [-0.25, -0.2) is 14.4 Å². The quantitative estimate of drug-likeness (QED) is 0.333. The summed E-state index contributed by atoms with van der Waals surface area (Å²) in [6.07, 6.45) is -3.39. The van der Waals surface area contributed by atoms with Gasteiger partial charge >= 0.3 is 18.2 Å². The molecule has 0 bridgehead atoms. The van der Waals surface area contributed by atoms with Crippen LogP contribution in [0.5, 0.6) is 5.75 Å². The number of carbonyl (C=O) groups excluding carboxylic acids is 1. The molecule has 0 aliphatic carbocycles. The number of rotatable bonds is 3. The molecule has 1 aromatic rings. The maximum absolute atomic E-state index is 11.4. The van der Waals surface area contributed by atoms with Gasteiger partial charge in [0, 0.05) is 11.6 Å². The fourth-order valence-corrected chi connectivity index (χ4v) is 1.24. The third-order valence-electron chi connectivity index (χ3n) is 2.19. The normalized spacial score (nSPS) is 9.65. The molecule has 0 aliphatic rings. The maximum atomic E-state index is 11.4. The molecule has 0 aliphatic heterocycles. The molecule has 0 atom stereocenters. The van der Waals surface area contributed by atoms with Crippen LogP contribution in [-0.2, 0) is 4.79 Å². The Labute approximate surface area is 113 Å². The predicted octanol–water partition coefficient (Wildman–Crippen LogP) is 1.91. The van der Waals surface area contributed by atoms with E-state index in [9.17, 15) is 14.4 Å². The van der Waals surface area contributed by atoms with Crippen LogP contribution in [0.1, 0.15) is 6.92 Å². The van der Waals surface area contributed by atoms with Gasteiger partial charge in [-0.05, 0) is 19.1 Å². The zero-order valence-electron chi connectivity index (χ0n) is 10.5. The molecule has 0 fully saturated rings. The predicted molar refractivity (Wildman–Crippen MR) is 69.8 cm³/mol. The van der Waals surface area contributed by atoms with Crippen molar-refractivity contribution in [3.8, 4) is 5.75 Å². The Hall–Kier alpha value is -3.03. The number of anilines is 2. The first-order valence-electron chi connectivity index (χ1n) is 5.27. The second-order valence-electron chi connectivity index (χ2n) is 3.79. The van der Waals surface area contributed by atoms with Gasteiger partial charge in [0.15, 0.2) is 5.75 Å². The summed E-state index contributed by atoms with van der Waals surface area (Å²) in [4.78, 5) is 33.2. The van der Waals surface area contributed by atoms with Crippen LogP contribution in [0.25, 0.3) is 0 Å². The zero-order valence-corrected chi connectivity index (χ0v) is 10.5. The van der Waals surface area contributed by atoms with Gasteiger partial charge in [0.2, 0.25) is 0 Å². The van der Waals surface area contributed by atoms with Crippen molar-refractivity contribution in [1.82, 2.24) is 0 Å². The molecular formula is C12H12N2O6. The Kier molecular flexibility index (Phi) is 4.31. The summed E-state index contributed by atoms with van der Waals surface area (Å²) < 4.78 is 4.88. The first-order chi connectivity index (χ1) is 9.23. The Balaban J connectivity index is 3.19. The summed E-state index contributed by atoms with van der Waals surface area (Å²) in [6, 6.07) is 3.45. The summed E-state index contributed by atoms with van der Waals surface area (Å²) in [5.74, 6) is -0.908. The van der Waals surface area contributed by atoms with Crippen molar-refractivity contribution in [2.45, 2.75) is 6.92 Å². The van der Waals surface area contributed by atoms with Crippen LogP contribution in [0, 0.1) is 0 Å². The molecule has 8 heteroatoms. The topological polar surface area (TPSA) is 130 Å². The molecule has 1 aromatic carbocycles. The van der Waals surface area contributed by atoms with Crippen LogP contribution >= 0.6 is 0 Å². The minimum Gasteiger partial charge on any atom is -0.464 e. The van der Waals surface area contributed by atoms with E-state index in [4.69, 9.17) is 20.7 Å². The first-order valence-corrected chi connectivity index (χ1v) is 5.27. The van der Waals surface area contributed by atoms with Crippen LogP contribution in [0.15, 0.2) is 30.4 Å². The van der Waals surface area contributed by atoms with Crippen molar-refractivity contribution in [2.75, 3.05) is 10.6 Å². The number of ether oxygens (including phenoxy) is 1. The summed E-state index contributed by atoms with van der Waals surface area (Å²) in [5.41, 5.74) is 5.52. The number of hydrogen-bond donors (Lipinski definition) is 3. The highest BCUT2D eigenvalue weighted by Crippen LogP contribution is 2.28. The number of nitrogens with zero attached hydrogens (tertiary/aromatic N) is 1. The third kappa shape index (κ3) is 3.25. The van der Waals surface area contributed by atoms with E-state index in [0.717, 1.165) is 6.07 Å². The van der Waals surface area contributed by atoms with Crippen LogP contribution in [0.3, 0.4) is 0 Å². The van der Waals surface area contributed by atoms with E-state index in [1.165, 1.54) is 19.1 Å². The summed E-state index contributed by atoms with van der Waals surface area (Å²) in [5, 5.41) is 17.6. The van der Waals surface area contributed by atoms with Crippen molar-refractivity contribution in [2.24, 2.45) is 0 Å². The van der Waals surface area contributed by atoms with Gasteiger partial charge in [0.05, 0.1) is 11.4 Å². The van der Waals surface area contributed by atoms with Gasteiger partial charge in [-0.1, -0.05) is 6.58 Å². The monoisotopic (exact) mass is 280 g/mol. The molecule has 106 valence electrons. The highest BCUT2D eigenvalue weighted by molar-refractivity contribution is 6.08. The average Bonchev–Trinajstić information content (AvgIpc) is 2.32. The van der Waals surface area contributed by atoms with Gasteiger partial charge < -0.3 is 20.7 Å². The number of nitrogen functional groups attached to an aromatic ring is 1. The lowest BCUT2D eigenvalue weighted by Crippen LogP contribution is -2.34. The Bertz CT molecular complexity index is 582. The molecule has 0 radical (unpaired) electrons. The van der Waals surface area contributed by atoms with Crippen LogP contribution in [0.2, 0.25) is 0 Å². The van der Waals surface area contributed by atoms with Crippen molar-refractivity contribution in [1.29, 1.82) is 0 Å². The SMILES string of the molecule is C=C(C)C(=O)Oc1cc(N(C(=O)O)C(=O)O)ccc1N. The van der Waals surface area contributed by atoms with Crippen molar-refractivity contribution in [3.05, 3.63) is 30.4 Å². The number of hydrogen-bond acceptors (Lipinski definition) is 5. The van der Waals surface area contributed by atoms with E-state index < -0.39 is 18.2 Å². The minimum absolute atomic E-state index is 0.0547. The third-order valence-corrected chi connectivity index (χ3v) is 2.19. The highest BCUT2D eigenvalue weighted by Gasteiger charge is 2.23. The van der Waals surface area contributed by atoms with Crippen molar-refractivity contribution >= 4 is 29.5 Å². The van der Waals surface area contributed by atoms with Gasteiger partial charge in [-0.2, -0.15) is 4.90 Å². The maximum Gasteiger partial charge on any atom is 0.421 e. The Morgan fingerprint density at radius 1 is 1.25 bits per heavy atom. The zero-order chi connectivity index (χ0) is 15.4. The van der Waals surface area contributed by atoms with E-state index in [2.05, 4.69) is 6.58 Å². The summed E-state index contributed by atoms with van der Waals surface area (Å²) in [7, 11) is 0. The Morgan fingerprint density at radius 3 is 2.25 bits per heavy atom. The molecule has 0 unspecified atom stereocenters. The number of nitrogens with two attached hydrogens (primary N) is 1. The number of esters is 1. The van der Waals surface area contributed by atoms with E-state index >= 15 is 0 Å². The largest absolute Gasteiger partial charge is 0.464 e. The molecule has 0 heterocycles. The lowest BCUT2D eigenvalue weighted by molar-refractivity contribution is -0.130. The van der Waals surface area contributed by atoms with Gasteiger partial charge in [-0.15, -0.1) is 0 Å². The highest BCUT2D eigenvalue weighted by atomic mass is 16.5. The molecular weight excluding hydrogens is 268 g/mol. The molecule has 8 nitrogen and oxygen atoms in total. The van der Waals surface area contributed by atoms with Crippen molar-refractivity contribution < 1.29 is 29.3 Å². The molecule has 2 amide bonds. The Morgan fingerprint density at radius 2 is 1.80 bits per heavy atom. The van der Waals surface area contributed by atoms with Crippen molar-refractivity contribution in [3.63, 3.8) is 0 Å². The molecule has 0 spiro atoms. The fraction of sp³-hybridized carbons (Fsp3) is 0.0833. The van der Waals surface area contributed by atoms with E-state index in [0.29, 0.717) is 0 Å². The van der Waals surface area contributed by atoms with E-state index in [1.54, 1.807) is 0 Å². The molecule has 0 aromatic heterocycles. The standard InChI is InChI=1S/C12H12N2O6/c1-6(2)10(15)20-9-5-7(3-4-8(9)13)14(11(16)17)12(18)19/h3-5H,1,13H2,2H3,(H,16,17)(H,18,19). The lowest BCUT2D eigenvalue weighted by atomic mass is 10.2. The smallest absolute Gasteiger partial charge is 0.421 e. The number of amides is 2. The lowest BCUT2D eigenvalue weighted by Gasteiger charge is -2.15. The molecule has 20 heavy (non-hydrogen) atoms. The van der Waals surface area contributed by atoms with Crippen LogP contribution in [0.4, 0.5) is 21.0 Å². The summed E-state index contributed by atoms with van der Waals surface area (Å²) in [6.45, 7) is 4.80. The van der Waals surface area contributed by atoms with Gasteiger partial charge in [-0.3, -0.25) is 0 Å². The molecule has 4 N–H and O–H groups in total. The number of imide groups is 1. The first kappa shape index (κ1) is 15.0. The fourth-order valence-electron chi connectivity index (χ4n) is 1.24. The molecule has 0 saturated carbocycles. The van der Waals surface area contributed by atoms with E-state index in [1.807, 2.05) is 0 Å². The molecule has 0 saturated heterocycles.